The van der Waals surface area contributed by atoms with E-state index in [1.807, 2.05) is 10.9 Å². The molecule has 212 valence electrons. The molecule has 0 spiro atoms. The molecule has 2 aromatic carbocycles. The number of carbonyl (C=O) groups excluding carboxylic acids is 1. The first kappa shape index (κ1) is 27.9. The molecule has 2 aliphatic rings. The molecule has 0 radical (unpaired) electrons. The molecule has 0 unspecified atom stereocenters. The Morgan fingerprint density at radius 3 is 2.65 bits per heavy atom. The van der Waals surface area contributed by atoms with Gasteiger partial charge in [0.15, 0.2) is 0 Å². The fraction of sp³-hybridized carbons (Fsp3) is 0.414. The highest BCUT2D eigenvalue weighted by Gasteiger charge is 2.36. The molecule has 1 aliphatic heterocycles. The summed E-state index contributed by atoms with van der Waals surface area (Å²) >= 11 is 0. The van der Waals surface area contributed by atoms with E-state index in [2.05, 4.69) is 59.9 Å². The van der Waals surface area contributed by atoms with Crippen LogP contribution in [0, 0.1) is 0 Å². The topological polar surface area (TPSA) is 118 Å². The van der Waals surface area contributed by atoms with Crippen LogP contribution in [0.4, 0.5) is 0 Å². The number of sulfonamides is 1. The molecule has 2 N–H and O–H groups in total. The molecule has 5 rings (SSSR count). The van der Waals surface area contributed by atoms with Crippen molar-refractivity contribution in [1.29, 1.82) is 0 Å². The van der Waals surface area contributed by atoms with Crippen LogP contribution in [0.3, 0.4) is 0 Å². The lowest BCUT2D eigenvalue weighted by Gasteiger charge is -2.31. The first-order valence-electron chi connectivity index (χ1n) is 13.5. The van der Waals surface area contributed by atoms with Gasteiger partial charge in [0.2, 0.25) is 5.91 Å². The Morgan fingerprint density at radius 1 is 1.15 bits per heavy atom. The Hall–Kier alpha value is -3.70. The number of aromatic nitrogens is 3. The third-order valence-corrected chi connectivity index (χ3v) is 9.08. The van der Waals surface area contributed by atoms with E-state index >= 15 is 0 Å². The Morgan fingerprint density at radius 2 is 1.93 bits per heavy atom. The summed E-state index contributed by atoms with van der Waals surface area (Å²) in [6.45, 7) is 7.28. The van der Waals surface area contributed by atoms with E-state index in [4.69, 9.17) is 4.74 Å². The largest absolute Gasteiger partial charge is 0.497 e. The van der Waals surface area contributed by atoms with Gasteiger partial charge in [-0.3, -0.25) is 9.10 Å². The van der Waals surface area contributed by atoms with Gasteiger partial charge in [-0.2, -0.15) is 0 Å². The summed E-state index contributed by atoms with van der Waals surface area (Å²) in [4.78, 5) is 12.9. The third kappa shape index (κ3) is 5.90. The molecule has 11 heteroatoms. The van der Waals surface area contributed by atoms with Crippen molar-refractivity contribution in [3.05, 3.63) is 83.4 Å². The molecular weight excluding hydrogens is 528 g/mol. The minimum Gasteiger partial charge on any atom is -0.497 e. The predicted molar refractivity (Wildman–Crippen MR) is 151 cm³/mol. The monoisotopic (exact) mass is 564 g/mol. The van der Waals surface area contributed by atoms with Crippen molar-refractivity contribution in [3.8, 4) is 5.75 Å². The highest BCUT2D eigenvalue weighted by molar-refractivity contribution is 7.89. The van der Waals surface area contributed by atoms with Crippen molar-refractivity contribution in [3.63, 3.8) is 0 Å². The van der Waals surface area contributed by atoms with Gasteiger partial charge in [-0.05, 0) is 81.0 Å². The van der Waals surface area contributed by atoms with E-state index in [9.17, 15) is 13.2 Å². The van der Waals surface area contributed by atoms with Crippen molar-refractivity contribution in [2.45, 2.75) is 75.5 Å². The van der Waals surface area contributed by atoms with Crippen molar-refractivity contribution < 1.29 is 17.9 Å². The number of hydrogen-bond donors (Lipinski definition) is 2. The van der Waals surface area contributed by atoms with Crippen LogP contribution in [0.1, 0.15) is 62.0 Å². The molecule has 0 fully saturated rings. The van der Waals surface area contributed by atoms with Crippen LogP contribution in [0.25, 0.3) is 0 Å². The number of nitrogens with one attached hydrogen (secondary N) is 2. The predicted octanol–water partition coefficient (Wildman–Crippen LogP) is 3.30. The van der Waals surface area contributed by atoms with Gasteiger partial charge in [-0.15, -0.1) is 5.10 Å². The first-order valence-corrected chi connectivity index (χ1v) is 14.9. The number of hydrogen-bond acceptors (Lipinski definition) is 7. The number of rotatable bonds is 8. The molecule has 10 nitrogen and oxygen atoms in total. The second-order valence-corrected chi connectivity index (χ2v) is 13.1. The van der Waals surface area contributed by atoms with Crippen molar-refractivity contribution in [1.82, 2.24) is 29.9 Å². The zero-order valence-corrected chi connectivity index (χ0v) is 24.1. The molecule has 0 saturated carbocycles. The lowest BCUT2D eigenvalue weighted by atomic mass is 9.86. The fourth-order valence-electron chi connectivity index (χ4n) is 5.16. The van der Waals surface area contributed by atoms with Gasteiger partial charge in [0.25, 0.3) is 10.0 Å². The maximum Gasteiger partial charge on any atom is 0.264 e. The van der Waals surface area contributed by atoms with Crippen molar-refractivity contribution in [2.75, 3.05) is 7.11 Å². The SMILES string of the molecule is COc1ccc(S(=O)(=O)N2C=CNC(=O)[C@H]2Cc2cn([C@H]3CCCc4cc(CNC(C)(C)C)ccc43)nn2)cc1. The molecule has 1 amide bonds. The van der Waals surface area contributed by atoms with Gasteiger partial charge in [-0.25, -0.2) is 13.1 Å². The van der Waals surface area contributed by atoms with Gasteiger partial charge < -0.3 is 15.4 Å². The summed E-state index contributed by atoms with van der Waals surface area (Å²) in [7, 11) is -2.48. The maximum atomic E-state index is 13.5. The Kier molecular flexibility index (Phi) is 7.70. The van der Waals surface area contributed by atoms with Gasteiger partial charge in [-0.1, -0.05) is 23.4 Å². The summed E-state index contributed by atoms with van der Waals surface area (Å²) in [6.07, 6.45) is 7.61. The highest BCUT2D eigenvalue weighted by atomic mass is 32.2. The quantitative estimate of drug-likeness (QED) is 0.431. The summed E-state index contributed by atoms with van der Waals surface area (Å²) in [5, 5.41) is 14.9. The van der Waals surface area contributed by atoms with Crippen LogP contribution in [0.2, 0.25) is 0 Å². The second-order valence-electron chi connectivity index (χ2n) is 11.3. The van der Waals surface area contributed by atoms with E-state index in [0.717, 1.165) is 30.1 Å². The van der Waals surface area contributed by atoms with Crippen LogP contribution in [-0.2, 0) is 34.2 Å². The Balaban J connectivity index is 1.35. The minimum absolute atomic E-state index is 0.0360. The summed E-state index contributed by atoms with van der Waals surface area (Å²) < 4.78 is 35.0. The van der Waals surface area contributed by atoms with E-state index in [1.165, 1.54) is 48.3 Å². The molecule has 3 aromatic rings. The number of aryl methyl sites for hydroxylation is 1. The average molecular weight is 565 g/mol. The van der Waals surface area contributed by atoms with Crippen molar-refractivity contribution in [2.24, 2.45) is 0 Å². The molecule has 0 bridgehead atoms. The first-order chi connectivity index (χ1) is 19.0. The van der Waals surface area contributed by atoms with E-state index in [1.54, 1.807) is 12.1 Å². The van der Waals surface area contributed by atoms with Crippen LogP contribution in [0.5, 0.6) is 5.75 Å². The molecule has 0 saturated heterocycles. The van der Waals surface area contributed by atoms with Crippen LogP contribution >= 0.6 is 0 Å². The number of amides is 1. The fourth-order valence-corrected chi connectivity index (χ4v) is 6.61. The minimum atomic E-state index is -3.99. The van der Waals surface area contributed by atoms with Crippen molar-refractivity contribution >= 4 is 15.9 Å². The number of ether oxygens (including phenoxy) is 1. The average Bonchev–Trinajstić information content (AvgIpc) is 3.40. The van der Waals surface area contributed by atoms with Gasteiger partial charge >= 0.3 is 0 Å². The number of nitrogens with zero attached hydrogens (tertiary/aromatic N) is 4. The van der Waals surface area contributed by atoms with E-state index in [0.29, 0.717) is 11.4 Å². The molecule has 40 heavy (non-hydrogen) atoms. The maximum absolute atomic E-state index is 13.5. The number of benzene rings is 2. The smallest absolute Gasteiger partial charge is 0.264 e. The molecule has 1 aromatic heterocycles. The van der Waals surface area contributed by atoms with Gasteiger partial charge in [0, 0.05) is 37.1 Å². The zero-order chi connectivity index (χ0) is 28.5. The van der Waals surface area contributed by atoms with E-state index < -0.39 is 22.0 Å². The summed E-state index contributed by atoms with van der Waals surface area (Å²) in [6, 6.07) is 11.7. The lowest BCUT2D eigenvalue weighted by molar-refractivity contribution is -0.124. The van der Waals surface area contributed by atoms with Crippen LogP contribution in [0.15, 0.2) is 66.0 Å². The number of fused-ring (bicyclic) bond motifs is 1. The second kappa shape index (κ2) is 11.1. The summed E-state index contributed by atoms with van der Waals surface area (Å²) in [5.74, 6) is 0.120. The normalized spacial score (nSPS) is 19.3. The zero-order valence-electron chi connectivity index (χ0n) is 23.3. The summed E-state index contributed by atoms with van der Waals surface area (Å²) in [5.41, 5.74) is 4.38. The van der Waals surface area contributed by atoms with Crippen LogP contribution < -0.4 is 15.4 Å². The number of methoxy groups -OCH3 is 1. The molecule has 2 heterocycles. The third-order valence-electron chi connectivity index (χ3n) is 7.28. The molecule has 2 atom stereocenters. The molecular formula is C29H36N6O4S. The van der Waals surface area contributed by atoms with Gasteiger partial charge in [0.1, 0.15) is 11.8 Å². The number of carbonyl (C=O) groups is 1. The van der Waals surface area contributed by atoms with Crippen LogP contribution in [-0.4, -0.2) is 52.3 Å². The Labute approximate surface area is 235 Å². The van der Waals surface area contributed by atoms with Gasteiger partial charge in [0.05, 0.1) is 23.7 Å². The van der Waals surface area contributed by atoms with E-state index in [-0.39, 0.29) is 22.9 Å². The molecule has 1 aliphatic carbocycles. The lowest BCUT2D eigenvalue weighted by Crippen LogP contribution is -2.50. The standard InChI is InChI=1S/C29H36N6O4S/c1-29(2,3)31-18-20-8-13-25-21(16-20)6-5-7-26(25)34-19-22(32-33-34)17-27-28(36)30-14-15-35(27)40(37,38)24-11-9-23(39-4)10-12-24/h8-16,19,26-27,31H,5-7,17-18H2,1-4H3,(H,30,36)/t26-,27+/m0/s1. The highest BCUT2D eigenvalue weighted by Crippen LogP contribution is 2.33. The Bertz CT molecular complexity index is 1510.